The van der Waals surface area contributed by atoms with Crippen LogP contribution in [0.2, 0.25) is 0 Å². The first kappa shape index (κ1) is 12.2. The van der Waals surface area contributed by atoms with E-state index in [1.54, 1.807) is 0 Å². The highest BCUT2D eigenvalue weighted by Crippen LogP contribution is 2.28. The lowest BCUT2D eigenvalue weighted by Crippen LogP contribution is -2.43. The van der Waals surface area contributed by atoms with Crippen LogP contribution in [0.15, 0.2) is 0 Å². The predicted octanol–water partition coefficient (Wildman–Crippen LogP) is 1.39. The number of hydrogen-bond donors (Lipinski definition) is 2. The van der Waals surface area contributed by atoms with E-state index in [2.05, 4.69) is 16.9 Å². The first-order valence-electron chi connectivity index (χ1n) is 6.32. The van der Waals surface area contributed by atoms with Gasteiger partial charge in [0.25, 0.3) is 0 Å². The average Bonchev–Trinajstić information content (AvgIpc) is 2.98. The van der Waals surface area contributed by atoms with E-state index in [0.29, 0.717) is 17.8 Å². The van der Waals surface area contributed by atoms with E-state index in [4.69, 9.17) is 0 Å². The fourth-order valence-corrected chi connectivity index (χ4v) is 3.28. The molecule has 1 amide bonds. The fourth-order valence-electron chi connectivity index (χ4n) is 2.34. The van der Waals surface area contributed by atoms with Crippen LogP contribution in [0.25, 0.3) is 0 Å². The minimum absolute atomic E-state index is 0.173. The molecule has 16 heavy (non-hydrogen) atoms. The van der Waals surface area contributed by atoms with Crippen LogP contribution in [0.4, 0.5) is 0 Å². The highest BCUT2D eigenvalue weighted by Gasteiger charge is 2.27. The van der Waals surface area contributed by atoms with Gasteiger partial charge >= 0.3 is 0 Å². The molecule has 2 aliphatic carbocycles. The Hall–Kier alpha value is -0.220. The molecule has 2 unspecified atom stereocenters. The lowest BCUT2D eigenvalue weighted by molar-refractivity contribution is -0.120. The molecule has 2 fully saturated rings. The van der Waals surface area contributed by atoms with Crippen molar-refractivity contribution in [1.29, 1.82) is 0 Å². The summed E-state index contributed by atoms with van der Waals surface area (Å²) in [6, 6.07) is 0.408. The molecule has 2 saturated carbocycles. The van der Waals surface area contributed by atoms with Gasteiger partial charge in [-0.15, -0.1) is 0 Å². The van der Waals surface area contributed by atoms with Gasteiger partial charge in [-0.2, -0.15) is 11.8 Å². The van der Waals surface area contributed by atoms with Gasteiger partial charge in [-0.25, -0.2) is 0 Å². The van der Waals surface area contributed by atoms with Crippen molar-refractivity contribution < 1.29 is 4.79 Å². The predicted molar refractivity (Wildman–Crippen MR) is 68.7 cm³/mol. The Morgan fingerprint density at radius 3 is 2.81 bits per heavy atom. The number of amides is 1. The molecule has 2 rings (SSSR count). The molecule has 0 aromatic carbocycles. The largest absolute Gasteiger partial charge is 0.351 e. The third-order valence-corrected chi connectivity index (χ3v) is 4.69. The van der Waals surface area contributed by atoms with Crippen molar-refractivity contribution in [2.24, 2.45) is 5.92 Å². The number of rotatable bonds is 6. The van der Waals surface area contributed by atoms with Crippen LogP contribution in [0, 0.1) is 5.92 Å². The number of carbonyl (C=O) groups is 1. The third-order valence-electron chi connectivity index (χ3n) is 3.52. The first-order valence-corrected chi connectivity index (χ1v) is 7.61. The van der Waals surface area contributed by atoms with E-state index in [1.807, 2.05) is 11.8 Å². The van der Waals surface area contributed by atoms with Crippen LogP contribution in [0.1, 0.15) is 32.1 Å². The number of nitrogens with one attached hydrogen (secondary N) is 2. The van der Waals surface area contributed by atoms with Crippen molar-refractivity contribution in [1.82, 2.24) is 10.6 Å². The van der Waals surface area contributed by atoms with Gasteiger partial charge < -0.3 is 10.6 Å². The quantitative estimate of drug-likeness (QED) is 0.739. The summed E-state index contributed by atoms with van der Waals surface area (Å²) in [5, 5.41) is 7.02. The van der Waals surface area contributed by atoms with E-state index in [0.717, 1.165) is 18.9 Å². The normalized spacial score (nSPS) is 29.3. The van der Waals surface area contributed by atoms with Gasteiger partial charge in [0.1, 0.15) is 0 Å². The summed E-state index contributed by atoms with van der Waals surface area (Å²) >= 11 is 1.89. The lowest BCUT2D eigenvalue weighted by atomic mass is 10.2. The molecule has 0 bridgehead atoms. The molecular formula is C12H22N2OS. The molecule has 0 saturated heterocycles. The standard InChI is InChI=1S/C12H22N2OS/c1-16-11-4-2-3-10(11)14-12(15)8-13-7-9-5-6-9/h9-11,13H,2-8H2,1H3,(H,14,15). The first-order chi connectivity index (χ1) is 7.79. The third kappa shape index (κ3) is 3.67. The Bertz CT molecular complexity index is 243. The second-order valence-corrected chi connectivity index (χ2v) is 6.03. The summed E-state index contributed by atoms with van der Waals surface area (Å²) < 4.78 is 0. The summed E-state index contributed by atoms with van der Waals surface area (Å²) in [5.41, 5.74) is 0. The van der Waals surface area contributed by atoms with Crippen molar-refractivity contribution in [2.45, 2.75) is 43.4 Å². The molecule has 0 radical (unpaired) electrons. The molecule has 2 N–H and O–H groups in total. The van der Waals surface area contributed by atoms with Crippen LogP contribution in [-0.2, 0) is 4.79 Å². The molecule has 0 spiro atoms. The van der Waals surface area contributed by atoms with Crippen molar-refractivity contribution in [3.05, 3.63) is 0 Å². The second-order valence-electron chi connectivity index (χ2n) is 4.95. The van der Waals surface area contributed by atoms with Crippen LogP contribution in [0.5, 0.6) is 0 Å². The minimum atomic E-state index is 0.173. The van der Waals surface area contributed by atoms with Crippen molar-refractivity contribution >= 4 is 17.7 Å². The molecule has 3 nitrogen and oxygen atoms in total. The molecule has 2 atom stereocenters. The van der Waals surface area contributed by atoms with Gasteiger partial charge in [0, 0.05) is 11.3 Å². The Balaban J connectivity index is 1.61. The van der Waals surface area contributed by atoms with Crippen LogP contribution >= 0.6 is 11.8 Å². The number of carbonyl (C=O) groups excluding carboxylic acids is 1. The van der Waals surface area contributed by atoms with E-state index in [-0.39, 0.29) is 5.91 Å². The fraction of sp³-hybridized carbons (Fsp3) is 0.917. The Kier molecular flexibility index (Phi) is 4.53. The van der Waals surface area contributed by atoms with Gasteiger partial charge in [0.2, 0.25) is 5.91 Å². The highest BCUT2D eigenvalue weighted by molar-refractivity contribution is 7.99. The van der Waals surface area contributed by atoms with E-state index < -0.39 is 0 Å². The molecule has 0 heterocycles. The summed E-state index contributed by atoms with van der Waals surface area (Å²) in [7, 11) is 0. The maximum absolute atomic E-state index is 11.7. The maximum atomic E-state index is 11.7. The average molecular weight is 242 g/mol. The van der Waals surface area contributed by atoms with Gasteiger partial charge in [-0.05, 0) is 44.4 Å². The molecule has 0 aromatic rings. The Morgan fingerprint density at radius 2 is 2.12 bits per heavy atom. The Labute approximate surface area is 102 Å². The molecule has 0 aliphatic heterocycles. The lowest BCUT2D eigenvalue weighted by Gasteiger charge is -2.19. The SMILES string of the molecule is CSC1CCCC1NC(=O)CNCC1CC1. The van der Waals surface area contributed by atoms with Crippen molar-refractivity contribution in [3.63, 3.8) is 0 Å². The van der Waals surface area contributed by atoms with Crippen LogP contribution in [-0.4, -0.2) is 36.5 Å². The summed E-state index contributed by atoms with van der Waals surface area (Å²) in [4.78, 5) is 11.7. The molecule has 4 heteroatoms. The van der Waals surface area contributed by atoms with Crippen LogP contribution < -0.4 is 10.6 Å². The van der Waals surface area contributed by atoms with Gasteiger partial charge in [-0.3, -0.25) is 4.79 Å². The van der Waals surface area contributed by atoms with Crippen molar-refractivity contribution in [2.75, 3.05) is 19.3 Å². The van der Waals surface area contributed by atoms with Gasteiger partial charge in [-0.1, -0.05) is 6.42 Å². The van der Waals surface area contributed by atoms with Gasteiger partial charge in [0.15, 0.2) is 0 Å². The number of thioether (sulfide) groups is 1. The second kappa shape index (κ2) is 5.92. The molecule has 92 valence electrons. The van der Waals surface area contributed by atoms with Crippen molar-refractivity contribution in [3.8, 4) is 0 Å². The topological polar surface area (TPSA) is 41.1 Å². The van der Waals surface area contributed by atoms with E-state index in [9.17, 15) is 4.79 Å². The summed E-state index contributed by atoms with van der Waals surface area (Å²) in [6.07, 6.45) is 8.48. The van der Waals surface area contributed by atoms with Crippen LogP contribution in [0.3, 0.4) is 0 Å². The smallest absolute Gasteiger partial charge is 0.234 e. The van der Waals surface area contributed by atoms with E-state index >= 15 is 0 Å². The molecular weight excluding hydrogens is 220 g/mol. The molecule has 2 aliphatic rings. The minimum Gasteiger partial charge on any atom is -0.351 e. The number of hydrogen-bond acceptors (Lipinski definition) is 3. The Morgan fingerprint density at radius 1 is 1.31 bits per heavy atom. The molecule has 0 aromatic heterocycles. The summed E-state index contributed by atoms with van der Waals surface area (Å²) in [5.74, 6) is 1.02. The maximum Gasteiger partial charge on any atom is 0.234 e. The van der Waals surface area contributed by atoms with E-state index in [1.165, 1.54) is 25.7 Å². The monoisotopic (exact) mass is 242 g/mol. The summed E-state index contributed by atoms with van der Waals surface area (Å²) in [6.45, 7) is 1.51. The zero-order valence-electron chi connectivity index (χ0n) is 10.00. The zero-order chi connectivity index (χ0) is 11.4. The zero-order valence-corrected chi connectivity index (χ0v) is 10.8. The highest BCUT2D eigenvalue weighted by atomic mass is 32.2. The van der Waals surface area contributed by atoms with Gasteiger partial charge in [0.05, 0.1) is 6.54 Å².